The molecule has 0 aliphatic carbocycles. The van der Waals surface area contributed by atoms with Crippen molar-refractivity contribution in [1.82, 2.24) is 5.32 Å². The van der Waals surface area contributed by atoms with Gasteiger partial charge in [-0.2, -0.15) is 0 Å². The van der Waals surface area contributed by atoms with Gasteiger partial charge in [-0.05, 0) is 19.1 Å². The molecule has 16 heavy (non-hydrogen) atoms. The van der Waals surface area contributed by atoms with E-state index in [4.69, 9.17) is 16.3 Å². The molecule has 3 nitrogen and oxygen atoms in total. The zero-order valence-electron chi connectivity index (χ0n) is 9.07. The lowest BCUT2D eigenvalue weighted by Crippen LogP contribution is -2.36. The number of hydrogen-bond acceptors (Lipinski definition) is 2. The maximum Gasteiger partial charge on any atom is 0.261 e. The highest BCUT2D eigenvalue weighted by atomic mass is 35.5. The molecule has 1 rings (SSSR count). The minimum absolute atomic E-state index is 0.195. The van der Waals surface area contributed by atoms with Gasteiger partial charge in [0.05, 0.1) is 5.02 Å². The topological polar surface area (TPSA) is 38.3 Å². The lowest BCUT2D eigenvalue weighted by molar-refractivity contribution is -0.127. The molecule has 0 unspecified atom stereocenters. The number of carbonyl (C=O) groups is 1. The third kappa shape index (κ3) is 3.59. The van der Waals surface area contributed by atoms with Crippen LogP contribution in [0.25, 0.3) is 0 Å². The molecule has 0 fully saturated rings. The van der Waals surface area contributed by atoms with Gasteiger partial charge in [0.2, 0.25) is 0 Å². The van der Waals surface area contributed by atoms with Gasteiger partial charge >= 0.3 is 0 Å². The number of rotatable bonds is 5. The fourth-order valence-corrected chi connectivity index (χ4v) is 1.28. The van der Waals surface area contributed by atoms with E-state index in [2.05, 4.69) is 11.9 Å². The summed E-state index contributed by atoms with van der Waals surface area (Å²) in [5.74, 6) is 0.310. The third-order valence-corrected chi connectivity index (χ3v) is 2.24. The summed E-state index contributed by atoms with van der Waals surface area (Å²) in [4.78, 5) is 11.5. The second-order valence-electron chi connectivity index (χ2n) is 3.22. The van der Waals surface area contributed by atoms with Gasteiger partial charge in [-0.1, -0.05) is 29.8 Å². The van der Waals surface area contributed by atoms with Crippen LogP contribution in [-0.4, -0.2) is 18.6 Å². The predicted molar refractivity (Wildman–Crippen MR) is 64.7 cm³/mol. The van der Waals surface area contributed by atoms with Gasteiger partial charge < -0.3 is 10.1 Å². The van der Waals surface area contributed by atoms with Crippen molar-refractivity contribution < 1.29 is 9.53 Å². The molecule has 1 aromatic rings. The summed E-state index contributed by atoms with van der Waals surface area (Å²) in [5, 5.41) is 3.14. The molecule has 0 aliphatic heterocycles. The first-order valence-corrected chi connectivity index (χ1v) is 5.32. The van der Waals surface area contributed by atoms with E-state index < -0.39 is 6.10 Å². The Morgan fingerprint density at radius 1 is 1.62 bits per heavy atom. The maximum atomic E-state index is 11.5. The van der Waals surface area contributed by atoms with Crippen molar-refractivity contribution in [2.24, 2.45) is 0 Å². The standard InChI is InChI=1S/C12H14ClNO2/c1-3-8-14-12(15)9(2)16-11-7-5-4-6-10(11)13/h3-7,9H,1,8H2,2H3,(H,14,15)/t9-/m0/s1. The Balaban J connectivity index is 2.57. The molecule has 0 bridgehead atoms. The Bertz CT molecular complexity index is 379. The molecule has 0 spiro atoms. The van der Waals surface area contributed by atoms with E-state index in [1.54, 1.807) is 37.3 Å². The van der Waals surface area contributed by atoms with Crippen molar-refractivity contribution in [3.63, 3.8) is 0 Å². The van der Waals surface area contributed by atoms with Gasteiger partial charge in [0, 0.05) is 6.54 Å². The summed E-state index contributed by atoms with van der Waals surface area (Å²) < 4.78 is 5.43. The summed E-state index contributed by atoms with van der Waals surface area (Å²) in [5.41, 5.74) is 0. The normalized spacial score (nSPS) is 11.6. The quantitative estimate of drug-likeness (QED) is 0.802. The van der Waals surface area contributed by atoms with Crippen LogP contribution in [0.1, 0.15) is 6.92 Å². The summed E-state index contributed by atoms with van der Waals surface area (Å²) in [6.45, 7) is 5.61. The Morgan fingerprint density at radius 2 is 2.31 bits per heavy atom. The highest BCUT2D eigenvalue weighted by Gasteiger charge is 2.14. The Morgan fingerprint density at radius 3 is 2.94 bits per heavy atom. The molecule has 1 aromatic carbocycles. The van der Waals surface area contributed by atoms with E-state index in [0.29, 0.717) is 17.3 Å². The summed E-state index contributed by atoms with van der Waals surface area (Å²) in [6.07, 6.45) is 1.03. The van der Waals surface area contributed by atoms with Gasteiger partial charge in [-0.25, -0.2) is 0 Å². The van der Waals surface area contributed by atoms with Crippen molar-refractivity contribution in [3.05, 3.63) is 41.9 Å². The first-order chi connectivity index (χ1) is 7.65. The summed E-state index contributed by atoms with van der Waals surface area (Å²) in [6, 6.07) is 7.04. The Hall–Kier alpha value is -1.48. The fraction of sp³-hybridized carbons (Fsp3) is 0.250. The number of nitrogens with one attached hydrogen (secondary N) is 1. The van der Waals surface area contributed by atoms with Gasteiger partial charge in [0.1, 0.15) is 5.75 Å². The van der Waals surface area contributed by atoms with Crippen LogP contribution < -0.4 is 10.1 Å². The molecular formula is C12H14ClNO2. The molecule has 1 amide bonds. The smallest absolute Gasteiger partial charge is 0.261 e. The number of hydrogen-bond donors (Lipinski definition) is 1. The van der Waals surface area contributed by atoms with Gasteiger partial charge in [-0.3, -0.25) is 4.79 Å². The van der Waals surface area contributed by atoms with Crippen LogP contribution in [0.15, 0.2) is 36.9 Å². The number of ether oxygens (including phenoxy) is 1. The zero-order chi connectivity index (χ0) is 12.0. The highest BCUT2D eigenvalue weighted by Crippen LogP contribution is 2.24. The average Bonchev–Trinajstić information content (AvgIpc) is 2.28. The van der Waals surface area contributed by atoms with Crippen molar-refractivity contribution in [2.45, 2.75) is 13.0 Å². The Kier molecular flexibility index (Phi) is 4.86. The molecule has 1 atom stereocenters. The second-order valence-corrected chi connectivity index (χ2v) is 3.63. The number of carbonyl (C=O) groups excluding carboxylic acids is 1. The summed E-state index contributed by atoms with van der Waals surface area (Å²) in [7, 11) is 0. The predicted octanol–water partition coefficient (Wildman–Crippen LogP) is 2.41. The maximum absolute atomic E-state index is 11.5. The van der Waals surface area contributed by atoms with Crippen molar-refractivity contribution in [3.8, 4) is 5.75 Å². The first kappa shape index (κ1) is 12.6. The molecule has 0 aromatic heterocycles. The zero-order valence-corrected chi connectivity index (χ0v) is 9.83. The lowest BCUT2D eigenvalue weighted by Gasteiger charge is -2.14. The van der Waals surface area contributed by atoms with E-state index in [1.165, 1.54) is 0 Å². The molecule has 0 radical (unpaired) electrons. The SMILES string of the molecule is C=CCNC(=O)[C@H](C)Oc1ccccc1Cl. The molecule has 0 saturated heterocycles. The van der Waals surface area contributed by atoms with Crippen molar-refractivity contribution >= 4 is 17.5 Å². The summed E-state index contributed by atoms with van der Waals surface area (Å²) >= 11 is 5.90. The van der Waals surface area contributed by atoms with Crippen LogP contribution in [0.3, 0.4) is 0 Å². The van der Waals surface area contributed by atoms with Crippen LogP contribution in [-0.2, 0) is 4.79 Å². The molecule has 86 valence electrons. The number of para-hydroxylation sites is 1. The van der Waals surface area contributed by atoms with E-state index in [9.17, 15) is 4.79 Å². The van der Waals surface area contributed by atoms with Crippen LogP contribution in [0.4, 0.5) is 0 Å². The van der Waals surface area contributed by atoms with Crippen molar-refractivity contribution in [2.75, 3.05) is 6.54 Å². The lowest BCUT2D eigenvalue weighted by atomic mass is 10.3. The molecule has 1 N–H and O–H groups in total. The monoisotopic (exact) mass is 239 g/mol. The molecule has 0 heterocycles. The Labute approximate surface area is 100 Å². The number of benzene rings is 1. The average molecular weight is 240 g/mol. The molecular weight excluding hydrogens is 226 g/mol. The highest BCUT2D eigenvalue weighted by molar-refractivity contribution is 6.32. The van der Waals surface area contributed by atoms with E-state index in [0.717, 1.165) is 0 Å². The van der Waals surface area contributed by atoms with Crippen molar-refractivity contribution in [1.29, 1.82) is 0 Å². The first-order valence-electron chi connectivity index (χ1n) is 4.95. The van der Waals surface area contributed by atoms with E-state index in [-0.39, 0.29) is 5.91 Å². The van der Waals surface area contributed by atoms with Gasteiger partial charge in [0.25, 0.3) is 5.91 Å². The molecule has 0 saturated carbocycles. The van der Waals surface area contributed by atoms with Crippen LogP contribution >= 0.6 is 11.6 Å². The fourth-order valence-electron chi connectivity index (χ4n) is 1.10. The van der Waals surface area contributed by atoms with Gasteiger partial charge in [-0.15, -0.1) is 6.58 Å². The third-order valence-electron chi connectivity index (χ3n) is 1.93. The van der Waals surface area contributed by atoms with Crippen LogP contribution in [0.5, 0.6) is 5.75 Å². The van der Waals surface area contributed by atoms with E-state index in [1.807, 2.05) is 0 Å². The van der Waals surface area contributed by atoms with Crippen LogP contribution in [0, 0.1) is 0 Å². The minimum Gasteiger partial charge on any atom is -0.479 e. The number of halogens is 1. The largest absolute Gasteiger partial charge is 0.479 e. The second kappa shape index (κ2) is 6.18. The van der Waals surface area contributed by atoms with E-state index >= 15 is 0 Å². The molecule has 4 heteroatoms. The minimum atomic E-state index is -0.583. The van der Waals surface area contributed by atoms with Gasteiger partial charge in [0.15, 0.2) is 6.10 Å². The van der Waals surface area contributed by atoms with Crippen LogP contribution in [0.2, 0.25) is 5.02 Å². The number of amides is 1. The molecule has 0 aliphatic rings.